The van der Waals surface area contributed by atoms with Crippen LogP contribution in [0.4, 0.5) is 0 Å². The van der Waals surface area contributed by atoms with Crippen LogP contribution in [0, 0.1) is 0 Å². The Balaban J connectivity index is 0.879. The molecule has 0 spiro atoms. The van der Waals surface area contributed by atoms with Gasteiger partial charge in [-0.05, 0) is 110 Å². The normalized spacial score (nSPS) is 20.2. The lowest BCUT2D eigenvalue weighted by Crippen LogP contribution is -2.43. The van der Waals surface area contributed by atoms with E-state index in [2.05, 4.69) is 180 Å². The highest BCUT2D eigenvalue weighted by Crippen LogP contribution is 2.52. The minimum Gasteiger partial charge on any atom is -0.508 e. The van der Waals surface area contributed by atoms with Gasteiger partial charge in [-0.3, -0.25) is 107 Å². The molecule has 29 nitrogen and oxygen atoms in total. The summed E-state index contributed by atoms with van der Waals surface area (Å²) in [4.78, 5) is 175. The summed E-state index contributed by atoms with van der Waals surface area (Å²) in [6.07, 6.45) is 4.95. The molecule has 7 N–H and O–H groups in total. The Morgan fingerprint density at radius 3 is 0.863 bits per heavy atom. The lowest BCUT2D eigenvalue weighted by molar-refractivity contribution is -0.140. The number of carbonyl (C=O) groups excluding carboxylic acids is 12. The number of phenols is 4. The Labute approximate surface area is 864 Å². The van der Waals surface area contributed by atoms with Crippen LogP contribution in [0.2, 0.25) is 17.5 Å². The first-order chi connectivity index (χ1) is 62.1. The molecule has 0 bridgehead atoms. The lowest BCUT2D eigenvalue weighted by atomic mass is 9.77. The summed E-state index contributed by atoms with van der Waals surface area (Å²) < 4.78 is -0.308. The molecule has 4 aromatic carbocycles. The van der Waals surface area contributed by atoms with Crippen LogP contribution in [0.1, 0.15) is 149 Å². The van der Waals surface area contributed by atoms with Crippen LogP contribution in [0.3, 0.4) is 0 Å². The SMILES string of the molecule is [B]P(I)C1CC(=O)N(CCCCCN(CCCCCN2C(=O)CC(B(P)I)C2=O)Cc2cc(C(C)(C)c3ccc(O)c(CN(CCNCCN4C(=O)CC(P([B])I)C4=O)CCN(CCN4C(=O)CC(B(P)I)C4=O)Cc4cc(C(C)(C)c5ccc(O)c(CN(CCNCCN6C(=O)CC(B(P)I)C6=O)CCNCCN6C(=O)CC(P([B])I)C6=O)c5)ccc4O)c3)ccc2O)C1=O. The summed E-state index contributed by atoms with van der Waals surface area (Å²) in [6, 6.07) is 22.2. The van der Waals surface area contributed by atoms with Crippen molar-refractivity contribution in [1.82, 2.24) is 64.9 Å². The first-order valence-electron chi connectivity index (χ1n) is 44.2. The van der Waals surface area contributed by atoms with Crippen molar-refractivity contribution in [3.63, 3.8) is 0 Å². The average Bonchev–Trinajstić information content (AvgIpc) is 1.67. The molecule has 6 aliphatic rings. The number of nitrogens with zero attached hydrogens (tertiary/aromatic N) is 10. The van der Waals surface area contributed by atoms with Gasteiger partial charge in [-0.25, -0.2) is 0 Å². The predicted octanol–water partition coefficient (Wildman–Crippen LogP) is 10.1. The van der Waals surface area contributed by atoms with Crippen molar-refractivity contribution >= 4 is 283 Å². The van der Waals surface area contributed by atoms with Gasteiger partial charge >= 0.3 is 0 Å². The van der Waals surface area contributed by atoms with Gasteiger partial charge in [0, 0.05) is 233 Å². The Morgan fingerprint density at radius 2 is 0.588 bits per heavy atom. The largest absolute Gasteiger partial charge is 0.508 e. The van der Waals surface area contributed by atoms with Crippen LogP contribution >= 0.6 is 177 Å². The molecule has 47 heteroatoms. The number of carbonyl (C=O) groups is 12. The molecule has 6 fully saturated rings. The zero-order valence-electron chi connectivity index (χ0n) is 74.3. The van der Waals surface area contributed by atoms with Gasteiger partial charge in [-0.1, -0.05) is 147 Å². The number of likely N-dealkylation sites (tertiary alicyclic amines) is 6. The fourth-order valence-corrected chi connectivity index (χ4v) is 25.9. The summed E-state index contributed by atoms with van der Waals surface area (Å²) in [5.74, 6) is -3.70. The first-order valence-corrected chi connectivity index (χ1v) is 62.8. The molecular formula is C84H115B6I6N13O16P6. The van der Waals surface area contributed by atoms with Crippen LogP contribution in [0.5, 0.6) is 23.0 Å². The minimum atomic E-state index is -1.20. The number of unbranched alkanes of at least 4 members (excludes halogenated alkanes) is 4. The second-order valence-corrected chi connectivity index (χ2v) is 59.9. The standard InChI is InChI=1S/C84H115B6I6N13O16P6/c1-83(2,57-11-15-64(110)53(39-57)49-100(25-7-5-9-27-104-71(114)43-61(77(104)120)88(91)126)26-8-6-10-28-105-74(117)46-68(80(105)123)129(85)94)59-13-17-66(112)55(41-59)51-102(31-21-99-24-34-108-76(119)48-70(82(108)125)131(87)96)35-36-103(37-38-109-73(116)45-63(79(109)122)90(93)128)52-56-42-60(14-18-67(56)113)84(3,4)58-12-16-65(111)54(40-58)50-101(29-19-97-22-32-106-72(115)44-62(78(106)121)89(92)127)30-20-98-23-33-107-75(118)47-69(81(107)124)130(86)95/h11-18,39-42,61-63,68-70,97-99,110-113H,5-10,19-38,43-52,126-128H2,1-4H3. The number of hydrogen-bond donors (Lipinski definition) is 7. The van der Waals surface area contributed by atoms with Crippen LogP contribution < -0.4 is 16.0 Å². The predicted molar refractivity (Wildman–Crippen MR) is 583 cm³/mol. The summed E-state index contributed by atoms with van der Waals surface area (Å²) in [5, 5.41) is 57.8. The molecular weight excluding hydrogens is 2460 g/mol. The van der Waals surface area contributed by atoms with Crippen LogP contribution in [-0.4, -0.2) is 324 Å². The number of halogens is 6. The van der Waals surface area contributed by atoms with Crippen molar-refractivity contribution in [3.05, 3.63) is 117 Å². The van der Waals surface area contributed by atoms with Gasteiger partial charge in [-0.15, -0.1) is 67.1 Å². The lowest BCUT2D eigenvalue weighted by Gasteiger charge is -2.31. The second-order valence-electron chi connectivity index (χ2n) is 35.4. The van der Waals surface area contributed by atoms with Gasteiger partial charge in [0.1, 0.15) is 45.7 Å². The van der Waals surface area contributed by atoms with E-state index in [1.165, 1.54) is 29.4 Å². The number of hydrogen-bond acceptors (Lipinski definition) is 23. The maximum absolute atomic E-state index is 14.1. The molecule has 12 unspecified atom stereocenters. The third-order valence-electron chi connectivity index (χ3n) is 25.8. The second kappa shape index (κ2) is 52.1. The van der Waals surface area contributed by atoms with E-state index in [0.29, 0.717) is 146 Å². The molecule has 0 aromatic heterocycles. The van der Waals surface area contributed by atoms with E-state index in [1.807, 2.05) is 92.6 Å². The quantitative estimate of drug-likeness (QED) is 0.00710. The van der Waals surface area contributed by atoms with Gasteiger partial charge in [0.2, 0.25) is 70.9 Å². The van der Waals surface area contributed by atoms with Crippen molar-refractivity contribution < 1.29 is 78.0 Å². The van der Waals surface area contributed by atoms with Crippen molar-refractivity contribution in [2.24, 2.45) is 0 Å². The number of imide groups is 6. The maximum Gasteiger partial charge on any atom is 0.252 e. The monoisotopic (exact) mass is 2580 g/mol. The number of benzene rings is 4. The third-order valence-corrected chi connectivity index (χ3v) is 38.8. The summed E-state index contributed by atoms with van der Waals surface area (Å²) in [5.41, 5.74) is -0.565. The zero-order chi connectivity index (χ0) is 95.6. The molecule has 12 amide bonds. The summed E-state index contributed by atoms with van der Waals surface area (Å²) in [6.45, 7) is 16.5. The number of amides is 12. The van der Waals surface area contributed by atoms with Crippen molar-refractivity contribution in [2.75, 3.05) is 131 Å². The van der Waals surface area contributed by atoms with E-state index in [9.17, 15) is 78.0 Å². The maximum atomic E-state index is 14.1. The van der Waals surface area contributed by atoms with Gasteiger partial charge < -0.3 is 36.4 Å². The smallest absolute Gasteiger partial charge is 0.252 e. The highest BCUT2D eigenvalue weighted by Gasteiger charge is 2.47. The highest BCUT2D eigenvalue weighted by molar-refractivity contribution is 14.2. The fraction of sp³-hybridized carbons (Fsp3) is 0.571. The molecule has 0 aliphatic carbocycles. The molecule has 0 saturated carbocycles. The first kappa shape index (κ1) is 111. The molecule has 12 atom stereocenters. The Kier molecular flexibility index (Phi) is 44.2. The van der Waals surface area contributed by atoms with Crippen molar-refractivity contribution in [3.8, 4) is 23.0 Å². The van der Waals surface area contributed by atoms with E-state index in [-0.39, 0.29) is 203 Å². The molecule has 4 aromatic rings. The highest BCUT2D eigenvalue weighted by atomic mass is 127. The van der Waals surface area contributed by atoms with Gasteiger partial charge in [0.05, 0.1) is 17.0 Å². The van der Waals surface area contributed by atoms with E-state index in [4.69, 9.17) is 22.7 Å². The fourth-order valence-electron chi connectivity index (χ4n) is 17.4. The summed E-state index contributed by atoms with van der Waals surface area (Å²) >= 11 is 12.6. The van der Waals surface area contributed by atoms with Crippen molar-refractivity contribution in [2.45, 2.75) is 176 Å². The molecule has 131 heavy (non-hydrogen) atoms. The molecule has 6 aliphatic heterocycles. The zero-order valence-corrected chi connectivity index (χ0v) is 93.4. The van der Waals surface area contributed by atoms with Gasteiger partial charge in [0.25, 0.3) is 12.9 Å². The van der Waals surface area contributed by atoms with E-state index in [0.717, 1.165) is 47.9 Å². The minimum absolute atomic E-state index is 0.00950. The van der Waals surface area contributed by atoms with E-state index < -0.39 is 50.0 Å². The molecule has 702 valence electrons. The molecule has 6 radical (unpaired) electrons. The van der Waals surface area contributed by atoms with Crippen LogP contribution in [0.25, 0.3) is 0 Å². The van der Waals surface area contributed by atoms with Gasteiger partial charge in [0.15, 0.2) is 0 Å². The average molecular weight is 2580 g/mol. The van der Waals surface area contributed by atoms with Crippen LogP contribution in [0.15, 0.2) is 72.8 Å². The third kappa shape index (κ3) is 30.1. The topological polar surface area (TPSA) is 354 Å². The van der Waals surface area contributed by atoms with Crippen LogP contribution in [-0.2, 0) is 94.5 Å². The Morgan fingerprint density at radius 1 is 0.344 bits per heavy atom. The number of phenolic OH excluding ortho intramolecular Hbond substituents is 4. The summed E-state index contributed by atoms with van der Waals surface area (Å²) in [7, 11) is 26.3. The van der Waals surface area contributed by atoms with Crippen molar-refractivity contribution in [1.29, 1.82) is 0 Å². The number of aromatic hydroxyl groups is 4. The molecule has 6 saturated heterocycles. The van der Waals surface area contributed by atoms with Gasteiger partial charge in [-0.2, -0.15) is 27.4 Å². The molecule has 6 heterocycles. The Hall–Kier alpha value is -2.01. The van der Waals surface area contributed by atoms with E-state index in [1.54, 1.807) is 24.3 Å². The Bertz CT molecular complexity index is 4680. The number of nitrogens with one attached hydrogen (secondary N) is 3. The number of rotatable bonds is 54. The molecule has 10 rings (SSSR count). The van der Waals surface area contributed by atoms with E-state index >= 15 is 0 Å².